The van der Waals surface area contributed by atoms with Crippen LogP contribution in [0.2, 0.25) is 0 Å². The lowest BCUT2D eigenvalue weighted by molar-refractivity contribution is 0.0953. The fourth-order valence-electron chi connectivity index (χ4n) is 1.72. The van der Waals surface area contributed by atoms with Crippen LogP contribution in [0.1, 0.15) is 10.4 Å². The molecule has 1 heterocycles. The SMILES string of the molecule is CONc1cccnc1-c1cccc(C(=O)NN)c1. The summed E-state index contributed by atoms with van der Waals surface area (Å²) in [5.74, 6) is 4.77. The Morgan fingerprint density at radius 2 is 2.16 bits per heavy atom. The number of anilines is 1. The Morgan fingerprint density at radius 3 is 2.89 bits per heavy atom. The molecule has 0 spiro atoms. The monoisotopic (exact) mass is 258 g/mol. The fraction of sp³-hybridized carbons (Fsp3) is 0.0769. The molecule has 98 valence electrons. The van der Waals surface area contributed by atoms with Gasteiger partial charge in [0.1, 0.15) is 0 Å². The van der Waals surface area contributed by atoms with Crippen LogP contribution in [0.25, 0.3) is 11.3 Å². The van der Waals surface area contributed by atoms with Crippen molar-refractivity contribution in [3.05, 3.63) is 48.2 Å². The van der Waals surface area contributed by atoms with E-state index in [2.05, 4.69) is 15.9 Å². The van der Waals surface area contributed by atoms with Gasteiger partial charge in [-0.15, -0.1) is 0 Å². The Labute approximate surface area is 110 Å². The summed E-state index contributed by atoms with van der Waals surface area (Å²) in [6, 6.07) is 10.6. The molecule has 0 aliphatic carbocycles. The lowest BCUT2D eigenvalue weighted by atomic mass is 10.1. The summed E-state index contributed by atoms with van der Waals surface area (Å²) in [6.45, 7) is 0. The van der Waals surface area contributed by atoms with Gasteiger partial charge < -0.3 is 0 Å². The van der Waals surface area contributed by atoms with Gasteiger partial charge in [0.15, 0.2) is 0 Å². The predicted molar refractivity (Wildman–Crippen MR) is 72.0 cm³/mol. The Hall–Kier alpha value is -2.44. The molecule has 1 aromatic carbocycles. The van der Waals surface area contributed by atoms with Crippen molar-refractivity contribution in [2.75, 3.05) is 12.6 Å². The van der Waals surface area contributed by atoms with Crippen molar-refractivity contribution in [2.45, 2.75) is 0 Å². The molecule has 0 aliphatic heterocycles. The Balaban J connectivity index is 2.44. The van der Waals surface area contributed by atoms with Crippen molar-refractivity contribution >= 4 is 11.6 Å². The maximum Gasteiger partial charge on any atom is 0.265 e. The average Bonchev–Trinajstić information content (AvgIpc) is 2.47. The molecule has 0 saturated heterocycles. The van der Waals surface area contributed by atoms with Gasteiger partial charge in [0.25, 0.3) is 5.91 Å². The molecule has 0 saturated carbocycles. The van der Waals surface area contributed by atoms with Crippen molar-refractivity contribution in [1.29, 1.82) is 0 Å². The zero-order valence-corrected chi connectivity index (χ0v) is 10.4. The molecule has 1 aromatic heterocycles. The van der Waals surface area contributed by atoms with Gasteiger partial charge in [-0.1, -0.05) is 12.1 Å². The van der Waals surface area contributed by atoms with E-state index in [1.165, 1.54) is 7.11 Å². The summed E-state index contributed by atoms with van der Waals surface area (Å²) < 4.78 is 0. The van der Waals surface area contributed by atoms with Crippen molar-refractivity contribution in [3.8, 4) is 11.3 Å². The molecule has 0 fully saturated rings. The zero-order valence-electron chi connectivity index (χ0n) is 10.4. The van der Waals surface area contributed by atoms with Gasteiger partial charge in [0.05, 0.1) is 18.5 Å². The first-order valence-electron chi connectivity index (χ1n) is 5.61. The number of nitrogens with zero attached hydrogens (tertiary/aromatic N) is 1. The number of hydrazine groups is 1. The summed E-state index contributed by atoms with van der Waals surface area (Å²) in [5.41, 5.74) is 7.52. The average molecular weight is 258 g/mol. The molecule has 4 N–H and O–H groups in total. The molecule has 6 heteroatoms. The fourth-order valence-corrected chi connectivity index (χ4v) is 1.72. The van der Waals surface area contributed by atoms with Gasteiger partial charge in [0, 0.05) is 17.3 Å². The Morgan fingerprint density at radius 1 is 1.32 bits per heavy atom. The number of pyridine rings is 1. The number of aromatic nitrogens is 1. The number of hydrogen-bond acceptors (Lipinski definition) is 5. The maximum atomic E-state index is 11.5. The highest BCUT2D eigenvalue weighted by Crippen LogP contribution is 2.25. The summed E-state index contributed by atoms with van der Waals surface area (Å²) in [7, 11) is 1.52. The number of carbonyl (C=O) groups excluding carboxylic acids is 1. The third-order valence-electron chi connectivity index (χ3n) is 2.55. The van der Waals surface area contributed by atoms with Crippen molar-refractivity contribution in [2.24, 2.45) is 5.84 Å². The van der Waals surface area contributed by atoms with E-state index in [0.29, 0.717) is 11.3 Å². The smallest absolute Gasteiger partial charge is 0.265 e. The van der Waals surface area contributed by atoms with E-state index < -0.39 is 0 Å². The van der Waals surface area contributed by atoms with Gasteiger partial charge in [-0.3, -0.25) is 25.5 Å². The van der Waals surface area contributed by atoms with Crippen molar-refractivity contribution in [1.82, 2.24) is 10.4 Å². The van der Waals surface area contributed by atoms with Crippen LogP contribution in [0.15, 0.2) is 42.6 Å². The lowest BCUT2D eigenvalue weighted by Gasteiger charge is -2.10. The molecule has 0 unspecified atom stereocenters. The number of benzene rings is 1. The summed E-state index contributed by atoms with van der Waals surface area (Å²) >= 11 is 0. The van der Waals surface area contributed by atoms with Gasteiger partial charge in [0.2, 0.25) is 0 Å². The number of nitrogen functional groups attached to an aromatic ring is 1. The van der Waals surface area contributed by atoms with Crippen LogP contribution in [0.3, 0.4) is 0 Å². The molecule has 0 bridgehead atoms. The minimum Gasteiger partial charge on any atom is -0.290 e. The Kier molecular flexibility index (Phi) is 4.07. The largest absolute Gasteiger partial charge is 0.290 e. The molecule has 6 nitrogen and oxygen atoms in total. The summed E-state index contributed by atoms with van der Waals surface area (Å²) in [6.07, 6.45) is 1.67. The highest BCUT2D eigenvalue weighted by atomic mass is 16.6. The summed E-state index contributed by atoms with van der Waals surface area (Å²) in [4.78, 5) is 20.7. The minimum absolute atomic E-state index is 0.348. The highest BCUT2D eigenvalue weighted by Gasteiger charge is 2.09. The standard InChI is InChI=1S/C13H14N4O2/c1-19-17-11-6-3-7-15-12(11)9-4-2-5-10(8-9)13(18)16-14/h2-8,17H,14H2,1H3,(H,16,18). The van der Waals surface area contributed by atoms with Crippen molar-refractivity contribution in [3.63, 3.8) is 0 Å². The third-order valence-corrected chi connectivity index (χ3v) is 2.55. The first kappa shape index (κ1) is 13.0. The molecule has 0 atom stereocenters. The molecule has 19 heavy (non-hydrogen) atoms. The number of hydrogen-bond donors (Lipinski definition) is 3. The molecular weight excluding hydrogens is 244 g/mol. The van der Waals surface area contributed by atoms with E-state index in [-0.39, 0.29) is 5.91 Å². The van der Waals surface area contributed by atoms with E-state index in [1.54, 1.807) is 30.5 Å². The maximum absolute atomic E-state index is 11.5. The van der Waals surface area contributed by atoms with E-state index in [1.807, 2.05) is 12.1 Å². The molecule has 1 amide bonds. The predicted octanol–water partition coefficient (Wildman–Crippen LogP) is 1.33. The van der Waals surface area contributed by atoms with E-state index in [0.717, 1.165) is 11.3 Å². The quantitative estimate of drug-likeness (QED) is 0.437. The first-order chi connectivity index (χ1) is 9.26. The van der Waals surface area contributed by atoms with Crippen LogP contribution >= 0.6 is 0 Å². The Bertz CT molecular complexity index is 586. The van der Waals surface area contributed by atoms with Crippen molar-refractivity contribution < 1.29 is 9.63 Å². The van der Waals surface area contributed by atoms with E-state index >= 15 is 0 Å². The van der Waals surface area contributed by atoms with Gasteiger partial charge in [-0.2, -0.15) is 0 Å². The van der Waals surface area contributed by atoms with Crippen LogP contribution in [0, 0.1) is 0 Å². The van der Waals surface area contributed by atoms with Gasteiger partial charge in [-0.05, 0) is 24.3 Å². The second-order valence-electron chi connectivity index (χ2n) is 3.76. The number of carbonyl (C=O) groups is 1. The first-order valence-corrected chi connectivity index (χ1v) is 5.61. The summed E-state index contributed by atoms with van der Waals surface area (Å²) in [5, 5.41) is 0. The minimum atomic E-state index is -0.348. The topological polar surface area (TPSA) is 89.3 Å². The van der Waals surface area contributed by atoms with Gasteiger partial charge in [-0.25, -0.2) is 5.84 Å². The van der Waals surface area contributed by atoms with Crippen LogP contribution < -0.4 is 16.7 Å². The highest BCUT2D eigenvalue weighted by molar-refractivity contribution is 5.95. The van der Waals surface area contributed by atoms with Crippen LogP contribution in [-0.4, -0.2) is 18.0 Å². The van der Waals surface area contributed by atoms with Crippen LogP contribution in [0.5, 0.6) is 0 Å². The zero-order chi connectivity index (χ0) is 13.7. The second-order valence-corrected chi connectivity index (χ2v) is 3.76. The van der Waals surface area contributed by atoms with Crippen LogP contribution in [0.4, 0.5) is 5.69 Å². The number of rotatable bonds is 4. The van der Waals surface area contributed by atoms with E-state index in [4.69, 9.17) is 10.7 Å². The molecule has 2 rings (SSSR count). The number of nitrogens with one attached hydrogen (secondary N) is 2. The van der Waals surface area contributed by atoms with Crippen LogP contribution in [-0.2, 0) is 4.84 Å². The number of nitrogens with two attached hydrogens (primary N) is 1. The molecular formula is C13H14N4O2. The molecule has 2 aromatic rings. The third kappa shape index (κ3) is 2.87. The van der Waals surface area contributed by atoms with E-state index in [9.17, 15) is 4.79 Å². The molecule has 0 radical (unpaired) electrons. The lowest BCUT2D eigenvalue weighted by Crippen LogP contribution is -2.29. The molecule has 0 aliphatic rings. The normalized spacial score (nSPS) is 10.0. The van der Waals surface area contributed by atoms with Gasteiger partial charge >= 0.3 is 0 Å². The second kappa shape index (κ2) is 5.94. The number of amides is 1.